The monoisotopic (exact) mass is 1240 g/mol. The summed E-state index contributed by atoms with van der Waals surface area (Å²) in [6.45, 7) is 10.6. The van der Waals surface area contributed by atoms with Crippen molar-refractivity contribution in [1.29, 1.82) is 0 Å². The van der Waals surface area contributed by atoms with E-state index < -0.39 is 5.24 Å². The maximum Gasteiger partial charge on any atom is 0.247 e. The highest BCUT2D eigenvalue weighted by Gasteiger charge is 2.18. The Morgan fingerprint density at radius 2 is 1.00 bits per heavy atom. The molecule has 0 unspecified atom stereocenters. The molecule has 0 saturated heterocycles. The number of ether oxygens (including phenoxy) is 4. The lowest BCUT2D eigenvalue weighted by molar-refractivity contribution is -0.112. The second-order valence-electron chi connectivity index (χ2n) is 19.4. The number of allylic oxidation sites excluding steroid dienone is 1. The van der Waals surface area contributed by atoms with Gasteiger partial charge in [0.1, 0.15) is 47.8 Å². The van der Waals surface area contributed by atoms with Crippen molar-refractivity contribution in [3.8, 4) is 23.0 Å². The molecule has 0 fully saturated rings. The van der Waals surface area contributed by atoms with Gasteiger partial charge in [-0.05, 0) is 137 Å². The first-order valence-corrected chi connectivity index (χ1v) is 28.0. The number of nitrogens with one attached hydrogen (secondary N) is 5. The van der Waals surface area contributed by atoms with Gasteiger partial charge in [-0.1, -0.05) is 48.5 Å². The number of aromatic nitrogens is 6. The summed E-state index contributed by atoms with van der Waals surface area (Å²) >= 11 is 17.6. The fraction of sp³-hybridized carbons (Fsp3) is 0.226. The van der Waals surface area contributed by atoms with Gasteiger partial charge in [-0.15, -0.1) is 0 Å². The van der Waals surface area contributed by atoms with Crippen LogP contribution in [0.1, 0.15) is 11.4 Å². The predicted octanol–water partition coefficient (Wildman–Crippen LogP) is 11.8. The summed E-state index contributed by atoms with van der Waals surface area (Å²) in [6, 6.07) is 33.0. The summed E-state index contributed by atoms with van der Waals surface area (Å²) in [4.78, 5) is 56.5. The zero-order valence-corrected chi connectivity index (χ0v) is 51.9. The summed E-state index contributed by atoms with van der Waals surface area (Å²) in [6.07, 6.45) is 8.99. The molecule has 8 rings (SSSR count). The molecule has 0 aliphatic heterocycles. The Morgan fingerprint density at radius 3 is 1.41 bits per heavy atom. The van der Waals surface area contributed by atoms with Crippen LogP contribution in [-0.2, 0) is 22.8 Å². The van der Waals surface area contributed by atoms with Crippen molar-refractivity contribution in [3.63, 3.8) is 0 Å². The first-order valence-electron chi connectivity index (χ1n) is 26.9. The first-order chi connectivity index (χ1) is 41.8. The number of halogens is 3. The standard InChI is InChI=1S/C31H35ClN8O3.C28H33ClN8O2.C3H3ClO/c1-6-30(41)36-24-18-25(28(42-5)19-26(24)40(4)16-15-39(2)3)37-31-34-14-12-29(38-31)35-21-10-11-27(23(32)17-21)43-20-22-9-7-8-13-33-22;1-36(2)13-14-37(3)24-17-26(38-4)23(16-22(24)30)34-28-32-12-10-27(35-28)33-19-8-9-25(21(29)15-19)39-18-20-7-5-6-11-31-20;1-2-3(4)5/h6-14,17-19H,1,15-16,20H2,2-5H3,(H,36,41)(H2,34,35,37,38);5-12,15-17H,13-14,18,30H2,1-4H3,(H2,32,33,34,35);2H,1H2. The first kappa shape index (κ1) is 66.7. The SMILES string of the molecule is C=CC(=O)Cl.C=CC(=O)Nc1cc(Nc2nccc(Nc3ccc(OCc4ccccn4)c(Cl)c3)n2)c(OC)cc1N(C)CCN(C)C.COc1cc(N(C)CCN(C)C)c(N)cc1Nc1nccc(Nc2ccc(OCc3ccccn3)c(Cl)c2)n1. The van der Waals surface area contributed by atoms with E-state index in [1.807, 2.05) is 114 Å². The average molecular weight is 1240 g/mol. The Bertz CT molecular complexity index is 3550. The number of hydrogen-bond donors (Lipinski definition) is 6. The quantitative estimate of drug-likeness (QED) is 0.0159. The summed E-state index contributed by atoms with van der Waals surface area (Å²) < 4.78 is 22.9. The number of anilines is 12. The van der Waals surface area contributed by atoms with Crippen LogP contribution in [0.2, 0.25) is 10.0 Å². The van der Waals surface area contributed by atoms with Gasteiger partial charge in [-0.2, -0.15) is 9.97 Å². The Morgan fingerprint density at radius 1 is 0.540 bits per heavy atom. The minimum Gasteiger partial charge on any atom is -0.494 e. The lowest BCUT2D eigenvalue weighted by atomic mass is 10.2. The van der Waals surface area contributed by atoms with Gasteiger partial charge in [-0.3, -0.25) is 19.6 Å². The van der Waals surface area contributed by atoms with E-state index in [-0.39, 0.29) is 5.91 Å². The molecule has 7 N–H and O–H groups in total. The van der Waals surface area contributed by atoms with Gasteiger partial charge in [0.05, 0.1) is 69.8 Å². The van der Waals surface area contributed by atoms with Crippen LogP contribution < -0.4 is 61.1 Å². The Kier molecular flexibility index (Phi) is 26.0. The van der Waals surface area contributed by atoms with Crippen LogP contribution in [0.25, 0.3) is 0 Å². The van der Waals surface area contributed by atoms with E-state index in [4.69, 9.17) is 59.5 Å². The molecule has 0 saturated carbocycles. The van der Waals surface area contributed by atoms with Gasteiger partial charge in [0.2, 0.25) is 23.0 Å². The van der Waals surface area contributed by atoms with E-state index in [0.29, 0.717) is 92.5 Å². The van der Waals surface area contributed by atoms with E-state index in [9.17, 15) is 9.59 Å². The molecule has 0 spiro atoms. The molecule has 0 radical (unpaired) electrons. The fourth-order valence-electron chi connectivity index (χ4n) is 7.73. The van der Waals surface area contributed by atoms with Crippen LogP contribution >= 0.6 is 34.8 Å². The molecule has 4 aromatic carbocycles. The highest BCUT2D eigenvalue weighted by atomic mass is 35.5. The van der Waals surface area contributed by atoms with E-state index in [2.05, 4.69) is 84.3 Å². The van der Waals surface area contributed by atoms with E-state index in [1.54, 1.807) is 81.5 Å². The Balaban J connectivity index is 0.000000259. The maximum absolute atomic E-state index is 12.3. The second-order valence-corrected chi connectivity index (χ2v) is 20.6. The molecular formula is C62H71Cl3N16O6. The van der Waals surface area contributed by atoms with E-state index in [1.165, 1.54) is 6.08 Å². The van der Waals surface area contributed by atoms with Crippen LogP contribution in [0.15, 0.2) is 159 Å². The lowest BCUT2D eigenvalue weighted by Crippen LogP contribution is -2.29. The molecule has 0 bridgehead atoms. The zero-order chi connectivity index (χ0) is 62.8. The molecule has 22 nitrogen and oxygen atoms in total. The number of nitrogens with two attached hydrogens (primary N) is 1. The van der Waals surface area contributed by atoms with Gasteiger partial charge < -0.3 is 70.9 Å². The van der Waals surface area contributed by atoms with E-state index in [0.717, 1.165) is 66.4 Å². The Labute approximate surface area is 522 Å². The molecular weight excluding hydrogens is 1170 g/mol. The molecule has 0 atom stereocenters. The largest absolute Gasteiger partial charge is 0.494 e. The van der Waals surface area contributed by atoms with Gasteiger partial charge in [0.25, 0.3) is 0 Å². The minimum absolute atomic E-state index is 0.310. The van der Waals surface area contributed by atoms with Gasteiger partial charge >= 0.3 is 0 Å². The lowest BCUT2D eigenvalue weighted by Gasteiger charge is -2.26. The number of likely N-dealkylation sites (N-methyl/N-ethyl adjacent to an activating group) is 4. The number of rotatable bonds is 27. The van der Waals surface area contributed by atoms with Gasteiger partial charge in [0.15, 0.2) is 0 Å². The third kappa shape index (κ3) is 21.5. The van der Waals surface area contributed by atoms with Gasteiger partial charge in [0, 0.05) is 88.6 Å². The van der Waals surface area contributed by atoms with Crippen molar-refractivity contribution in [2.24, 2.45) is 0 Å². The normalized spacial score (nSPS) is 10.5. The van der Waals surface area contributed by atoms with Crippen LogP contribution in [0.5, 0.6) is 23.0 Å². The smallest absolute Gasteiger partial charge is 0.247 e. The predicted molar refractivity (Wildman–Crippen MR) is 351 cm³/mol. The number of nitrogens with zero attached hydrogens (tertiary/aromatic N) is 10. The summed E-state index contributed by atoms with van der Waals surface area (Å²) in [5, 5.41) is 16.2. The number of methoxy groups -OCH3 is 2. The number of carbonyl (C=O) groups is 2. The third-order valence-corrected chi connectivity index (χ3v) is 13.0. The van der Waals surface area contributed by atoms with Crippen molar-refractivity contribution in [2.45, 2.75) is 13.2 Å². The van der Waals surface area contributed by atoms with Gasteiger partial charge in [-0.25, -0.2) is 9.97 Å². The summed E-state index contributed by atoms with van der Waals surface area (Å²) in [7, 11) is 15.3. The molecule has 4 heterocycles. The molecule has 0 aliphatic rings. The number of nitrogen functional groups attached to an aromatic ring is 1. The maximum atomic E-state index is 12.3. The third-order valence-electron chi connectivity index (χ3n) is 12.3. The van der Waals surface area contributed by atoms with Crippen LogP contribution in [0.4, 0.5) is 69.0 Å². The van der Waals surface area contributed by atoms with Crippen LogP contribution in [-0.4, -0.2) is 134 Å². The molecule has 1 amide bonds. The molecule has 87 heavy (non-hydrogen) atoms. The second kappa shape index (κ2) is 33.9. The van der Waals surface area contributed by atoms with Crippen molar-refractivity contribution in [1.82, 2.24) is 39.7 Å². The molecule has 4 aromatic heterocycles. The van der Waals surface area contributed by atoms with Crippen molar-refractivity contribution in [2.75, 3.05) is 125 Å². The molecule has 0 aliphatic carbocycles. The number of pyridine rings is 2. The molecule has 25 heteroatoms. The van der Waals surface area contributed by atoms with Crippen LogP contribution in [0, 0.1) is 0 Å². The number of carbonyl (C=O) groups excluding carboxylic acids is 2. The summed E-state index contributed by atoms with van der Waals surface area (Å²) in [5.74, 6) is 3.79. The topological polar surface area (TPSA) is 248 Å². The molecule has 456 valence electrons. The number of hydrogen-bond acceptors (Lipinski definition) is 21. The molecule has 8 aromatic rings. The minimum atomic E-state index is -0.509. The van der Waals surface area contributed by atoms with E-state index >= 15 is 0 Å². The van der Waals surface area contributed by atoms with Crippen molar-refractivity contribution >= 4 is 115 Å². The number of amides is 1. The highest BCUT2D eigenvalue weighted by molar-refractivity contribution is 6.66. The van der Waals surface area contributed by atoms with Crippen molar-refractivity contribution in [3.05, 3.63) is 181 Å². The number of benzene rings is 4. The average Bonchev–Trinajstić information content (AvgIpc) is 2.09. The van der Waals surface area contributed by atoms with Crippen molar-refractivity contribution < 1.29 is 28.5 Å². The Hall–Kier alpha value is -9.45. The summed E-state index contributed by atoms with van der Waals surface area (Å²) in [5.41, 5.74) is 13.6. The highest BCUT2D eigenvalue weighted by Crippen LogP contribution is 2.39. The fourth-order valence-corrected chi connectivity index (χ4v) is 8.20. The zero-order valence-electron chi connectivity index (χ0n) is 49.6. The van der Waals surface area contributed by atoms with Crippen LogP contribution in [0.3, 0.4) is 0 Å².